The molecule has 2 rings (SSSR count). The number of nitrogens with one attached hydrogen (secondary N) is 1. The predicted octanol–water partition coefficient (Wildman–Crippen LogP) is 1.95. The molecule has 26 heavy (non-hydrogen) atoms. The molecule has 2 unspecified atom stereocenters. The minimum absolute atomic E-state index is 0.0310. The Balaban J connectivity index is 2.33. The number of carbonyl (C=O) groups excluding carboxylic acids is 2. The van der Waals surface area contributed by atoms with E-state index >= 15 is 0 Å². The van der Waals surface area contributed by atoms with Gasteiger partial charge in [0.15, 0.2) is 0 Å². The molecule has 2 atom stereocenters. The van der Waals surface area contributed by atoms with Crippen molar-refractivity contribution in [3.63, 3.8) is 0 Å². The van der Waals surface area contributed by atoms with E-state index in [1.807, 2.05) is 38.1 Å². The zero-order chi connectivity index (χ0) is 19.5. The van der Waals surface area contributed by atoms with Gasteiger partial charge in [0.05, 0.1) is 12.3 Å². The number of hydrogen-bond donors (Lipinski definition) is 1. The second-order valence-electron chi connectivity index (χ2n) is 6.94. The van der Waals surface area contributed by atoms with E-state index in [2.05, 4.69) is 5.32 Å². The molecule has 1 aromatic carbocycles. The number of hydrogen-bond acceptors (Lipinski definition) is 4. The molecule has 0 aromatic heterocycles. The molecule has 0 fully saturated rings. The minimum Gasteiger partial charge on any atom is -0.327 e. The van der Waals surface area contributed by atoms with Gasteiger partial charge in [-0.2, -0.15) is 0 Å². The van der Waals surface area contributed by atoms with Gasteiger partial charge in [-0.15, -0.1) is 0 Å². The van der Waals surface area contributed by atoms with Gasteiger partial charge >= 0.3 is 6.03 Å². The van der Waals surface area contributed by atoms with E-state index in [0.29, 0.717) is 12.2 Å². The summed E-state index contributed by atoms with van der Waals surface area (Å²) in [5, 5.41) is 2.92. The van der Waals surface area contributed by atoms with E-state index in [1.54, 1.807) is 11.9 Å². The highest BCUT2D eigenvalue weighted by Crippen LogP contribution is 2.27. The Morgan fingerprint density at radius 3 is 2.65 bits per heavy atom. The number of amides is 3. The van der Waals surface area contributed by atoms with Crippen LogP contribution >= 0.6 is 0 Å². The lowest BCUT2D eigenvalue weighted by molar-refractivity contribution is -0.122. The zero-order valence-electron chi connectivity index (χ0n) is 15.7. The second kappa shape index (κ2) is 8.07. The van der Waals surface area contributed by atoms with Crippen molar-refractivity contribution >= 4 is 27.5 Å². The van der Waals surface area contributed by atoms with E-state index in [0.717, 1.165) is 18.2 Å². The van der Waals surface area contributed by atoms with Gasteiger partial charge in [-0.05, 0) is 17.5 Å². The van der Waals surface area contributed by atoms with Crippen molar-refractivity contribution in [1.82, 2.24) is 9.80 Å². The Bertz CT molecular complexity index is 778. The molecule has 7 nitrogen and oxygen atoms in total. The van der Waals surface area contributed by atoms with E-state index in [-0.39, 0.29) is 30.2 Å². The average Bonchev–Trinajstić information content (AvgIpc) is 2.73. The summed E-state index contributed by atoms with van der Waals surface area (Å²) in [5.41, 5.74) is 1.57. The molecule has 0 aliphatic carbocycles. The third-order valence-corrected chi connectivity index (χ3v) is 5.70. The second-order valence-corrected chi connectivity index (χ2v) is 9.20. The quantitative estimate of drug-likeness (QED) is 0.845. The van der Waals surface area contributed by atoms with Gasteiger partial charge in [0.2, 0.25) is 5.91 Å². The van der Waals surface area contributed by atoms with Gasteiger partial charge < -0.3 is 15.1 Å². The molecule has 3 amide bonds. The summed E-state index contributed by atoms with van der Waals surface area (Å²) in [4.78, 5) is 28.8. The molecule has 0 saturated heterocycles. The molecular weight excluding hydrogens is 354 g/mol. The maximum atomic E-state index is 13.0. The number of rotatable bonds is 5. The lowest BCUT2D eigenvalue weighted by Gasteiger charge is -2.35. The van der Waals surface area contributed by atoms with Crippen LogP contribution in [0.3, 0.4) is 0 Å². The number of urea groups is 1. The maximum Gasteiger partial charge on any atom is 0.320 e. The maximum absolute atomic E-state index is 13.0. The summed E-state index contributed by atoms with van der Waals surface area (Å²) >= 11 is 0. The molecule has 1 N–H and O–H groups in total. The molecular formula is C18H27N3O4S. The van der Waals surface area contributed by atoms with Crippen LogP contribution in [-0.4, -0.2) is 61.8 Å². The van der Waals surface area contributed by atoms with Crippen molar-refractivity contribution in [3.8, 4) is 0 Å². The summed E-state index contributed by atoms with van der Waals surface area (Å²) in [6.07, 6.45) is 1.88. The summed E-state index contributed by atoms with van der Waals surface area (Å²) in [6.45, 7) is 4.31. The van der Waals surface area contributed by atoms with E-state index < -0.39 is 15.9 Å². The fraction of sp³-hybridized carbons (Fsp3) is 0.556. The topological polar surface area (TPSA) is 86.8 Å². The molecule has 1 heterocycles. The zero-order valence-corrected chi connectivity index (χ0v) is 16.5. The highest BCUT2D eigenvalue weighted by atomic mass is 32.2. The van der Waals surface area contributed by atoms with Crippen molar-refractivity contribution in [2.45, 2.75) is 32.9 Å². The van der Waals surface area contributed by atoms with Gasteiger partial charge in [-0.3, -0.25) is 4.79 Å². The number of para-hydroxylation sites is 1. The third-order valence-electron chi connectivity index (χ3n) is 4.77. The smallest absolute Gasteiger partial charge is 0.320 e. The SMILES string of the molecule is CCC(C)C1C(=O)Nc2ccccc2CN1C(=O)N(C)CCS(C)(=O)=O. The summed E-state index contributed by atoms with van der Waals surface area (Å²) in [5.74, 6) is -0.356. The van der Waals surface area contributed by atoms with Crippen LogP contribution in [0.25, 0.3) is 0 Å². The molecule has 1 aliphatic heterocycles. The van der Waals surface area contributed by atoms with Crippen LogP contribution in [0, 0.1) is 5.92 Å². The highest BCUT2D eigenvalue weighted by molar-refractivity contribution is 7.90. The lowest BCUT2D eigenvalue weighted by Crippen LogP contribution is -2.53. The van der Waals surface area contributed by atoms with Crippen LogP contribution in [0.15, 0.2) is 24.3 Å². The Morgan fingerprint density at radius 1 is 1.38 bits per heavy atom. The van der Waals surface area contributed by atoms with Gasteiger partial charge in [-0.25, -0.2) is 13.2 Å². The first kappa shape index (κ1) is 20.2. The molecule has 144 valence electrons. The average molecular weight is 381 g/mol. The first-order valence-electron chi connectivity index (χ1n) is 8.72. The summed E-state index contributed by atoms with van der Waals surface area (Å²) in [7, 11) is -1.61. The number of fused-ring (bicyclic) bond motifs is 1. The number of sulfone groups is 1. The standard InChI is InChI=1S/C18H27N3O4S/c1-5-13(2)16-17(22)19-15-9-7-6-8-14(15)12-21(16)18(23)20(3)10-11-26(4,24)25/h6-9,13,16H,5,10-12H2,1-4H3,(H,19,22). The molecule has 1 aliphatic rings. The third kappa shape index (κ3) is 4.75. The van der Waals surface area contributed by atoms with E-state index in [1.165, 1.54) is 4.90 Å². The number of benzene rings is 1. The largest absolute Gasteiger partial charge is 0.327 e. The minimum atomic E-state index is -3.18. The van der Waals surface area contributed by atoms with E-state index in [4.69, 9.17) is 0 Å². The molecule has 0 bridgehead atoms. The van der Waals surface area contributed by atoms with Crippen LogP contribution in [0.2, 0.25) is 0 Å². The highest BCUT2D eigenvalue weighted by Gasteiger charge is 2.37. The van der Waals surface area contributed by atoms with Crippen molar-refractivity contribution in [1.29, 1.82) is 0 Å². The number of anilines is 1. The van der Waals surface area contributed by atoms with Crippen LogP contribution < -0.4 is 5.32 Å². The Kier molecular flexibility index (Phi) is 6.28. The van der Waals surface area contributed by atoms with Gasteiger partial charge in [0.1, 0.15) is 15.9 Å². The Hall–Kier alpha value is -2.09. The van der Waals surface area contributed by atoms with Crippen LogP contribution in [-0.2, 0) is 21.2 Å². The van der Waals surface area contributed by atoms with Crippen LogP contribution in [0.1, 0.15) is 25.8 Å². The predicted molar refractivity (Wildman–Crippen MR) is 102 cm³/mol. The van der Waals surface area contributed by atoms with Gasteiger partial charge in [0.25, 0.3) is 0 Å². The molecule has 0 radical (unpaired) electrons. The van der Waals surface area contributed by atoms with Gasteiger partial charge in [-0.1, -0.05) is 38.5 Å². The summed E-state index contributed by atoms with van der Waals surface area (Å²) in [6, 6.07) is 6.46. The van der Waals surface area contributed by atoms with Crippen LogP contribution in [0.5, 0.6) is 0 Å². The Morgan fingerprint density at radius 2 is 2.04 bits per heavy atom. The van der Waals surface area contributed by atoms with Crippen molar-refractivity contribution in [2.24, 2.45) is 5.92 Å². The first-order chi connectivity index (χ1) is 12.1. The molecule has 0 spiro atoms. The molecule has 1 aromatic rings. The first-order valence-corrected chi connectivity index (χ1v) is 10.8. The lowest BCUT2D eigenvalue weighted by atomic mass is 9.97. The number of carbonyl (C=O) groups is 2. The fourth-order valence-electron chi connectivity index (χ4n) is 3.00. The van der Waals surface area contributed by atoms with E-state index in [9.17, 15) is 18.0 Å². The monoisotopic (exact) mass is 381 g/mol. The van der Waals surface area contributed by atoms with Crippen LogP contribution in [0.4, 0.5) is 10.5 Å². The fourth-order valence-corrected chi connectivity index (χ4v) is 3.61. The van der Waals surface area contributed by atoms with Crippen molar-refractivity contribution in [2.75, 3.05) is 30.9 Å². The van der Waals surface area contributed by atoms with Crippen molar-refractivity contribution in [3.05, 3.63) is 29.8 Å². The van der Waals surface area contributed by atoms with Crippen molar-refractivity contribution < 1.29 is 18.0 Å². The summed E-state index contributed by atoms with van der Waals surface area (Å²) < 4.78 is 22.8. The number of nitrogens with zero attached hydrogens (tertiary/aromatic N) is 2. The van der Waals surface area contributed by atoms with Gasteiger partial charge in [0, 0.05) is 25.5 Å². The Labute approximate surface area is 155 Å². The molecule has 0 saturated carbocycles. The molecule has 8 heteroatoms. The normalized spacial score (nSPS) is 18.5.